The Hall–Kier alpha value is -1.57. The van der Waals surface area contributed by atoms with Gasteiger partial charge in [-0.15, -0.1) is 0 Å². The number of benzene rings is 1. The highest BCUT2D eigenvalue weighted by atomic mass is 16.5. The number of rotatable bonds is 5. The maximum atomic E-state index is 8.89. The number of aliphatic hydroxyl groups excluding tert-OH is 1. The predicted octanol–water partition coefficient (Wildman–Crippen LogP) is 0.841. The number of nitrogens with zero attached hydrogens (tertiary/aromatic N) is 1. The number of ether oxygens (including phenoxy) is 1. The lowest BCUT2D eigenvalue weighted by atomic mass is 10.1. The normalized spacial score (nSPS) is 13.9. The van der Waals surface area contributed by atoms with E-state index in [0.29, 0.717) is 12.2 Å². The first-order valence-electron chi connectivity index (χ1n) is 5.11. The second-order valence-corrected chi connectivity index (χ2v) is 3.90. The molecule has 1 atom stereocenters. The van der Waals surface area contributed by atoms with Crippen LogP contribution in [0.4, 0.5) is 0 Å². The molecule has 0 saturated heterocycles. The maximum absolute atomic E-state index is 8.89. The molecular weight excluding hydrogens is 204 g/mol. The van der Waals surface area contributed by atoms with Crippen LogP contribution in [-0.2, 0) is 6.42 Å². The van der Waals surface area contributed by atoms with Gasteiger partial charge in [0.1, 0.15) is 17.9 Å². The van der Waals surface area contributed by atoms with Gasteiger partial charge in [-0.05, 0) is 25.0 Å². The monoisotopic (exact) mass is 220 g/mol. The van der Waals surface area contributed by atoms with Crippen molar-refractivity contribution in [3.05, 3.63) is 29.8 Å². The molecule has 0 aliphatic carbocycles. The van der Waals surface area contributed by atoms with E-state index in [1.807, 2.05) is 24.3 Å². The minimum atomic E-state index is -0.994. The summed E-state index contributed by atoms with van der Waals surface area (Å²) >= 11 is 0. The van der Waals surface area contributed by atoms with E-state index in [4.69, 9.17) is 20.8 Å². The lowest BCUT2D eigenvalue weighted by Crippen LogP contribution is -2.40. The lowest BCUT2D eigenvalue weighted by molar-refractivity contribution is 0.257. The molecule has 0 fully saturated rings. The number of hydrogen-bond donors (Lipinski definition) is 2. The van der Waals surface area contributed by atoms with Gasteiger partial charge in [0.05, 0.1) is 6.07 Å². The highest BCUT2D eigenvalue weighted by Crippen LogP contribution is 2.19. The van der Waals surface area contributed by atoms with Gasteiger partial charge < -0.3 is 15.6 Å². The van der Waals surface area contributed by atoms with E-state index in [0.717, 1.165) is 5.56 Å². The van der Waals surface area contributed by atoms with Crippen molar-refractivity contribution in [1.29, 1.82) is 5.26 Å². The Morgan fingerprint density at radius 1 is 1.50 bits per heavy atom. The zero-order valence-electron chi connectivity index (χ0n) is 9.31. The fourth-order valence-corrected chi connectivity index (χ4v) is 1.23. The van der Waals surface area contributed by atoms with Crippen molar-refractivity contribution >= 4 is 0 Å². The van der Waals surface area contributed by atoms with Crippen LogP contribution in [0.2, 0.25) is 0 Å². The molecule has 0 aliphatic rings. The van der Waals surface area contributed by atoms with Gasteiger partial charge >= 0.3 is 0 Å². The standard InChI is InChI=1S/C12H16N2O2/c1-12(14,8-13)9-16-11-5-3-2-4-10(11)6-7-15/h2-5,15H,6-7,9,14H2,1H3. The zero-order chi connectivity index (χ0) is 12.0. The van der Waals surface area contributed by atoms with Gasteiger partial charge in [0, 0.05) is 6.61 Å². The molecule has 0 radical (unpaired) electrons. The third-order valence-corrected chi connectivity index (χ3v) is 2.14. The average Bonchev–Trinajstić information content (AvgIpc) is 2.28. The minimum Gasteiger partial charge on any atom is -0.490 e. The molecule has 4 nitrogen and oxygen atoms in total. The highest BCUT2D eigenvalue weighted by molar-refractivity contribution is 5.33. The van der Waals surface area contributed by atoms with E-state index in [1.54, 1.807) is 13.0 Å². The van der Waals surface area contributed by atoms with Gasteiger partial charge in [-0.2, -0.15) is 5.26 Å². The molecule has 0 bridgehead atoms. The average molecular weight is 220 g/mol. The first-order valence-corrected chi connectivity index (χ1v) is 5.11. The largest absolute Gasteiger partial charge is 0.490 e. The van der Waals surface area contributed by atoms with Crippen molar-refractivity contribution in [1.82, 2.24) is 0 Å². The molecule has 1 rings (SSSR count). The van der Waals surface area contributed by atoms with Crippen molar-refractivity contribution in [3.63, 3.8) is 0 Å². The van der Waals surface area contributed by atoms with E-state index in [-0.39, 0.29) is 13.2 Å². The summed E-state index contributed by atoms with van der Waals surface area (Å²) in [4.78, 5) is 0. The smallest absolute Gasteiger partial charge is 0.135 e. The van der Waals surface area contributed by atoms with E-state index < -0.39 is 5.54 Å². The summed E-state index contributed by atoms with van der Waals surface area (Å²) in [7, 11) is 0. The van der Waals surface area contributed by atoms with Crippen LogP contribution in [0.5, 0.6) is 5.75 Å². The van der Waals surface area contributed by atoms with Crippen LogP contribution >= 0.6 is 0 Å². The van der Waals surface area contributed by atoms with E-state index in [2.05, 4.69) is 0 Å². The van der Waals surface area contributed by atoms with E-state index >= 15 is 0 Å². The van der Waals surface area contributed by atoms with Gasteiger partial charge in [-0.1, -0.05) is 18.2 Å². The maximum Gasteiger partial charge on any atom is 0.135 e. The zero-order valence-corrected chi connectivity index (χ0v) is 9.31. The third kappa shape index (κ3) is 3.54. The second-order valence-electron chi connectivity index (χ2n) is 3.90. The molecule has 16 heavy (non-hydrogen) atoms. The van der Waals surface area contributed by atoms with Crippen molar-refractivity contribution in [2.24, 2.45) is 5.73 Å². The first kappa shape index (κ1) is 12.5. The minimum absolute atomic E-state index is 0.0680. The molecule has 0 heterocycles. The summed E-state index contributed by atoms with van der Waals surface area (Å²) in [5, 5.41) is 17.6. The molecule has 0 spiro atoms. The Kier molecular flexibility index (Phi) is 4.29. The third-order valence-electron chi connectivity index (χ3n) is 2.14. The second kappa shape index (κ2) is 5.50. The van der Waals surface area contributed by atoms with Crippen LogP contribution in [0.25, 0.3) is 0 Å². The summed E-state index contributed by atoms with van der Waals surface area (Å²) in [5.74, 6) is 0.670. The molecule has 1 aromatic rings. The van der Waals surface area contributed by atoms with E-state index in [9.17, 15) is 0 Å². The molecular formula is C12H16N2O2. The Labute approximate surface area is 95.3 Å². The van der Waals surface area contributed by atoms with Crippen LogP contribution in [0.1, 0.15) is 12.5 Å². The Balaban J connectivity index is 2.70. The van der Waals surface area contributed by atoms with Gasteiger partial charge in [0.15, 0.2) is 0 Å². The van der Waals surface area contributed by atoms with Crippen molar-refractivity contribution < 1.29 is 9.84 Å². The van der Waals surface area contributed by atoms with Gasteiger partial charge in [0.2, 0.25) is 0 Å². The highest BCUT2D eigenvalue weighted by Gasteiger charge is 2.18. The van der Waals surface area contributed by atoms with Gasteiger partial charge in [-0.3, -0.25) is 0 Å². The molecule has 1 aromatic carbocycles. The first-order chi connectivity index (χ1) is 7.59. The van der Waals surface area contributed by atoms with E-state index in [1.165, 1.54) is 0 Å². The summed E-state index contributed by atoms with van der Waals surface area (Å²) < 4.78 is 5.49. The molecule has 1 unspecified atom stereocenters. The summed E-state index contributed by atoms with van der Waals surface area (Å²) in [6.45, 7) is 1.81. The number of hydrogen-bond acceptors (Lipinski definition) is 4. The summed E-state index contributed by atoms with van der Waals surface area (Å²) in [5.41, 5.74) is 5.57. The molecule has 4 heteroatoms. The topological polar surface area (TPSA) is 79.3 Å². The molecule has 0 saturated carbocycles. The van der Waals surface area contributed by atoms with Crippen molar-refractivity contribution in [2.45, 2.75) is 18.9 Å². The summed E-state index contributed by atoms with van der Waals surface area (Å²) in [6, 6.07) is 9.37. The fraction of sp³-hybridized carbons (Fsp3) is 0.417. The van der Waals surface area contributed by atoms with Crippen molar-refractivity contribution in [3.8, 4) is 11.8 Å². The lowest BCUT2D eigenvalue weighted by Gasteiger charge is -2.17. The fourth-order valence-electron chi connectivity index (χ4n) is 1.23. The number of para-hydroxylation sites is 1. The molecule has 0 aliphatic heterocycles. The van der Waals surface area contributed by atoms with Gasteiger partial charge in [-0.25, -0.2) is 0 Å². The van der Waals surface area contributed by atoms with Crippen LogP contribution in [0.15, 0.2) is 24.3 Å². The predicted molar refractivity (Wildman–Crippen MR) is 60.9 cm³/mol. The quantitative estimate of drug-likeness (QED) is 0.770. The molecule has 86 valence electrons. The number of nitriles is 1. The summed E-state index contributed by atoms with van der Waals surface area (Å²) in [6.07, 6.45) is 0.532. The van der Waals surface area contributed by atoms with Crippen LogP contribution in [0, 0.1) is 11.3 Å². The SMILES string of the molecule is CC(N)(C#N)COc1ccccc1CCO. The molecule has 0 aromatic heterocycles. The van der Waals surface area contributed by atoms with Crippen LogP contribution in [0.3, 0.4) is 0 Å². The number of nitrogens with two attached hydrogens (primary N) is 1. The van der Waals surface area contributed by atoms with Gasteiger partial charge in [0.25, 0.3) is 0 Å². The Bertz CT molecular complexity index is 383. The number of aliphatic hydroxyl groups is 1. The van der Waals surface area contributed by atoms with Crippen molar-refractivity contribution in [2.75, 3.05) is 13.2 Å². The molecule has 3 N–H and O–H groups in total. The Morgan fingerprint density at radius 2 is 2.19 bits per heavy atom. The van der Waals surface area contributed by atoms with Crippen LogP contribution in [-0.4, -0.2) is 23.9 Å². The van der Waals surface area contributed by atoms with Crippen LogP contribution < -0.4 is 10.5 Å². The molecule has 0 amide bonds. The Morgan fingerprint density at radius 3 is 2.81 bits per heavy atom.